The first kappa shape index (κ1) is 21.5. The minimum absolute atomic E-state index is 0.0305. The molecule has 1 saturated heterocycles. The van der Waals surface area contributed by atoms with Gasteiger partial charge in [-0.2, -0.15) is 12.7 Å². The zero-order chi connectivity index (χ0) is 21.8. The molecule has 1 N–H and O–H groups in total. The van der Waals surface area contributed by atoms with Crippen LogP contribution in [0.4, 0.5) is 14.5 Å². The molecule has 7 heteroatoms. The second-order valence-electron chi connectivity index (χ2n) is 7.81. The van der Waals surface area contributed by atoms with Crippen LogP contribution in [0.15, 0.2) is 78.9 Å². The van der Waals surface area contributed by atoms with Crippen LogP contribution in [0, 0.1) is 17.6 Å². The van der Waals surface area contributed by atoms with Crippen molar-refractivity contribution in [2.24, 2.45) is 5.92 Å². The van der Waals surface area contributed by atoms with Gasteiger partial charge in [-0.1, -0.05) is 42.5 Å². The number of nitrogens with one attached hydrogen (secondary N) is 1. The van der Waals surface area contributed by atoms with E-state index in [0.717, 1.165) is 17.5 Å². The predicted octanol–water partition coefficient (Wildman–Crippen LogP) is 5.17. The average Bonchev–Trinajstić information content (AvgIpc) is 2.77. The molecule has 1 fully saturated rings. The molecule has 3 aromatic rings. The zero-order valence-corrected chi connectivity index (χ0v) is 17.7. The molecule has 4 rings (SSSR count). The molecular formula is C24H24F2N2O2S. The molecule has 0 saturated carbocycles. The van der Waals surface area contributed by atoms with Gasteiger partial charge in [0.15, 0.2) is 0 Å². The Hall–Kier alpha value is -2.77. The summed E-state index contributed by atoms with van der Waals surface area (Å²) in [6, 6.07) is 21.3. The van der Waals surface area contributed by atoms with Crippen molar-refractivity contribution in [2.75, 3.05) is 17.8 Å². The maximum absolute atomic E-state index is 13.5. The lowest BCUT2D eigenvalue weighted by Crippen LogP contribution is -2.44. The molecule has 1 aliphatic heterocycles. The van der Waals surface area contributed by atoms with Gasteiger partial charge in [0, 0.05) is 24.7 Å². The first-order chi connectivity index (χ1) is 14.9. The van der Waals surface area contributed by atoms with E-state index >= 15 is 0 Å². The van der Waals surface area contributed by atoms with Gasteiger partial charge < -0.3 is 0 Å². The van der Waals surface area contributed by atoms with Crippen molar-refractivity contribution in [1.82, 2.24) is 4.31 Å². The number of anilines is 1. The summed E-state index contributed by atoms with van der Waals surface area (Å²) in [5.74, 6) is -0.865. The Morgan fingerprint density at radius 1 is 0.839 bits per heavy atom. The Labute approximate surface area is 181 Å². The van der Waals surface area contributed by atoms with Crippen molar-refractivity contribution in [3.8, 4) is 0 Å². The fraction of sp³-hybridized carbons (Fsp3) is 0.250. The molecule has 1 aliphatic rings. The lowest BCUT2D eigenvalue weighted by Gasteiger charge is -2.37. The second-order valence-corrected chi connectivity index (χ2v) is 9.48. The summed E-state index contributed by atoms with van der Waals surface area (Å²) in [7, 11) is -3.72. The Morgan fingerprint density at radius 2 is 1.39 bits per heavy atom. The van der Waals surface area contributed by atoms with Gasteiger partial charge in [-0.15, -0.1) is 0 Å². The van der Waals surface area contributed by atoms with Crippen LogP contribution in [0.25, 0.3) is 0 Å². The Balaban J connectivity index is 1.62. The minimum atomic E-state index is -3.72. The molecule has 4 nitrogen and oxygen atoms in total. The summed E-state index contributed by atoms with van der Waals surface area (Å²) in [5.41, 5.74) is 2.28. The number of nitrogens with zero attached hydrogens (tertiary/aromatic N) is 1. The van der Waals surface area contributed by atoms with Gasteiger partial charge in [-0.05, 0) is 66.3 Å². The van der Waals surface area contributed by atoms with E-state index in [9.17, 15) is 17.2 Å². The number of hydrogen-bond donors (Lipinski definition) is 1. The normalized spacial score (nSPS) is 17.6. The fourth-order valence-corrected chi connectivity index (χ4v) is 5.58. The topological polar surface area (TPSA) is 49.4 Å². The molecule has 3 aromatic carbocycles. The highest BCUT2D eigenvalue weighted by atomic mass is 32.2. The van der Waals surface area contributed by atoms with Crippen molar-refractivity contribution < 1.29 is 17.2 Å². The Morgan fingerprint density at radius 3 is 1.94 bits per heavy atom. The number of hydrogen-bond acceptors (Lipinski definition) is 2. The number of piperidine rings is 1. The molecule has 0 spiro atoms. The van der Waals surface area contributed by atoms with E-state index in [1.807, 2.05) is 6.07 Å². The standard InChI is InChI=1S/C24H24F2N2O2S/c25-21-12-8-18(9-13-21)24(19-10-14-22(26)15-11-19)20-5-4-16-28(17-20)31(29,30)27-23-6-2-1-3-7-23/h1-3,6-15,20,24,27H,4-5,16-17H2/t20-/m0/s1. The Kier molecular flexibility index (Phi) is 6.34. The van der Waals surface area contributed by atoms with Crippen LogP contribution in [0.5, 0.6) is 0 Å². The van der Waals surface area contributed by atoms with Crippen molar-refractivity contribution in [1.29, 1.82) is 0 Å². The van der Waals surface area contributed by atoms with E-state index in [4.69, 9.17) is 0 Å². The van der Waals surface area contributed by atoms with Gasteiger partial charge in [0.2, 0.25) is 0 Å². The molecule has 1 atom stereocenters. The fourth-order valence-electron chi connectivity index (χ4n) is 4.26. The van der Waals surface area contributed by atoms with E-state index in [1.54, 1.807) is 48.5 Å². The molecule has 162 valence electrons. The van der Waals surface area contributed by atoms with Crippen LogP contribution in [0.3, 0.4) is 0 Å². The van der Waals surface area contributed by atoms with Gasteiger partial charge in [0.05, 0.1) is 0 Å². The molecule has 31 heavy (non-hydrogen) atoms. The minimum Gasteiger partial charge on any atom is -0.271 e. The van der Waals surface area contributed by atoms with Crippen LogP contribution in [-0.4, -0.2) is 25.8 Å². The predicted molar refractivity (Wildman–Crippen MR) is 118 cm³/mol. The molecular weight excluding hydrogens is 418 g/mol. The first-order valence-corrected chi connectivity index (χ1v) is 11.7. The van der Waals surface area contributed by atoms with Crippen molar-refractivity contribution >= 4 is 15.9 Å². The van der Waals surface area contributed by atoms with Crippen molar-refractivity contribution in [3.63, 3.8) is 0 Å². The van der Waals surface area contributed by atoms with E-state index in [-0.39, 0.29) is 23.5 Å². The summed E-state index contributed by atoms with van der Waals surface area (Å²) in [6.07, 6.45) is 1.52. The number of para-hydroxylation sites is 1. The first-order valence-electron chi connectivity index (χ1n) is 10.3. The highest BCUT2D eigenvalue weighted by Gasteiger charge is 2.34. The van der Waals surface area contributed by atoms with Crippen LogP contribution in [-0.2, 0) is 10.2 Å². The number of rotatable bonds is 6. The summed E-state index contributed by atoms with van der Waals surface area (Å²) >= 11 is 0. The smallest absolute Gasteiger partial charge is 0.271 e. The maximum atomic E-state index is 13.5. The average molecular weight is 443 g/mol. The second kappa shape index (κ2) is 9.16. The lowest BCUT2D eigenvalue weighted by atomic mass is 9.77. The molecule has 0 aromatic heterocycles. The summed E-state index contributed by atoms with van der Waals surface area (Å²) in [4.78, 5) is 0. The number of halogens is 2. The van der Waals surface area contributed by atoms with E-state index < -0.39 is 10.2 Å². The zero-order valence-electron chi connectivity index (χ0n) is 16.9. The van der Waals surface area contributed by atoms with Gasteiger partial charge >= 0.3 is 10.2 Å². The third-order valence-corrected chi connectivity index (χ3v) is 7.22. The summed E-state index contributed by atoms with van der Waals surface area (Å²) in [5, 5.41) is 0. The summed E-state index contributed by atoms with van der Waals surface area (Å²) in [6.45, 7) is 0.750. The number of benzene rings is 3. The quantitative estimate of drug-likeness (QED) is 0.573. The maximum Gasteiger partial charge on any atom is 0.301 e. The van der Waals surface area contributed by atoms with E-state index in [2.05, 4.69) is 4.72 Å². The van der Waals surface area contributed by atoms with Crippen molar-refractivity contribution in [3.05, 3.63) is 102 Å². The molecule has 1 heterocycles. The SMILES string of the molecule is O=S(=O)(Nc1ccccc1)N1CCC[C@H](C(c2ccc(F)cc2)c2ccc(F)cc2)C1. The Bertz CT molecular complexity index is 1060. The highest BCUT2D eigenvalue weighted by molar-refractivity contribution is 7.90. The van der Waals surface area contributed by atoms with Gasteiger partial charge in [-0.3, -0.25) is 4.72 Å². The largest absolute Gasteiger partial charge is 0.301 e. The van der Waals surface area contributed by atoms with Gasteiger partial charge in [-0.25, -0.2) is 8.78 Å². The van der Waals surface area contributed by atoms with Gasteiger partial charge in [0.1, 0.15) is 11.6 Å². The van der Waals surface area contributed by atoms with Crippen molar-refractivity contribution in [2.45, 2.75) is 18.8 Å². The van der Waals surface area contributed by atoms with E-state index in [0.29, 0.717) is 25.2 Å². The molecule has 0 unspecified atom stereocenters. The van der Waals surface area contributed by atoms with Crippen LogP contribution < -0.4 is 4.72 Å². The third-order valence-electron chi connectivity index (χ3n) is 5.71. The monoisotopic (exact) mass is 442 g/mol. The van der Waals surface area contributed by atoms with Crippen LogP contribution in [0.1, 0.15) is 29.9 Å². The summed E-state index contributed by atoms with van der Waals surface area (Å²) < 4.78 is 57.2. The van der Waals surface area contributed by atoms with E-state index in [1.165, 1.54) is 28.6 Å². The lowest BCUT2D eigenvalue weighted by molar-refractivity contribution is 0.250. The van der Waals surface area contributed by atoms with Crippen LogP contribution in [0.2, 0.25) is 0 Å². The molecule has 0 bridgehead atoms. The van der Waals surface area contributed by atoms with Gasteiger partial charge in [0.25, 0.3) is 0 Å². The molecule has 0 amide bonds. The molecule has 0 aliphatic carbocycles. The third kappa shape index (κ3) is 5.11. The highest BCUT2D eigenvalue weighted by Crippen LogP contribution is 2.38. The molecule has 0 radical (unpaired) electrons. The van der Waals surface area contributed by atoms with Crippen LogP contribution >= 0.6 is 0 Å².